The number of aromatic nitrogens is 2. The zero-order valence-corrected chi connectivity index (χ0v) is 8.74. The molecule has 0 spiro atoms. The van der Waals surface area contributed by atoms with Crippen LogP contribution in [-0.4, -0.2) is 29.1 Å². The monoisotopic (exact) mass is 246 g/mol. The number of ether oxygens (including phenoxy) is 2. The van der Waals surface area contributed by atoms with Gasteiger partial charge in [0.15, 0.2) is 0 Å². The third-order valence-corrected chi connectivity index (χ3v) is 2.34. The van der Waals surface area contributed by atoms with Gasteiger partial charge in [-0.2, -0.15) is 5.10 Å². The molecular weight excluding hydrogens is 236 g/mol. The van der Waals surface area contributed by atoms with Crippen LogP contribution in [0.15, 0.2) is 16.9 Å². The quantitative estimate of drug-likeness (QED) is 0.810. The lowest BCUT2D eigenvalue weighted by Gasteiger charge is -2.08. The van der Waals surface area contributed by atoms with Gasteiger partial charge in [-0.3, -0.25) is 0 Å². The molecule has 0 N–H and O–H groups in total. The van der Waals surface area contributed by atoms with Crippen molar-refractivity contribution >= 4 is 15.9 Å². The zero-order chi connectivity index (χ0) is 9.10. The standard InChI is InChI=1S/C8H11BrN2O2/c9-7-3-10-11(4-7)6-13-8-1-2-12-5-8/h3-4,8H,1-2,5-6H2. The lowest BCUT2D eigenvalue weighted by Crippen LogP contribution is -2.15. The molecule has 0 bridgehead atoms. The number of hydrogen-bond acceptors (Lipinski definition) is 3. The summed E-state index contributed by atoms with van der Waals surface area (Å²) in [6.45, 7) is 2.02. The fourth-order valence-corrected chi connectivity index (χ4v) is 1.56. The minimum Gasteiger partial charge on any atom is -0.379 e. The average Bonchev–Trinajstić information content (AvgIpc) is 2.71. The van der Waals surface area contributed by atoms with Gasteiger partial charge in [0.25, 0.3) is 0 Å². The van der Waals surface area contributed by atoms with Crippen LogP contribution in [-0.2, 0) is 16.2 Å². The van der Waals surface area contributed by atoms with E-state index in [9.17, 15) is 0 Å². The maximum absolute atomic E-state index is 5.56. The lowest BCUT2D eigenvalue weighted by atomic mass is 10.3. The minimum atomic E-state index is 0.239. The van der Waals surface area contributed by atoms with E-state index in [1.807, 2.05) is 6.20 Å². The molecule has 1 aromatic rings. The lowest BCUT2D eigenvalue weighted by molar-refractivity contribution is -0.00340. The highest BCUT2D eigenvalue weighted by Crippen LogP contribution is 2.10. The zero-order valence-electron chi connectivity index (χ0n) is 7.15. The molecule has 0 radical (unpaired) electrons. The highest BCUT2D eigenvalue weighted by molar-refractivity contribution is 9.10. The molecule has 4 nitrogen and oxygen atoms in total. The molecule has 0 aliphatic carbocycles. The maximum Gasteiger partial charge on any atom is 0.139 e. The van der Waals surface area contributed by atoms with E-state index in [2.05, 4.69) is 21.0 Å². The van der Waals surface area contributed by atoms with Crippen molar-refractivity contribution in [1.82, 2.24) is 9.78 Å². The van der Waals surface area contributed by atoms with Gasteiger partial charge in [-0.05, 0) is 22.4 Å². The summed E-state index contributed by atoms with van der Waals surface area (Å²) in [6.07, 6.45) is 4.86. The van der Waals surface area contributed by atoms with E-state index in [4.69, 9.17) is 9.47 Å². The minimum absolute atomic E-state index is 0.239. The van der Waals surface area contributed by atoms with Crippen LogP contribution in [0.4, 0.5) is 0 Å². The van der Waals surface area contributed by atoms with Crippen LogP contribution >= 0.6 is 15.9 Å². The second-order valence-corrected chi connectivity index (χ2v) is 3.90. The topological polar surface area (TPSA) is 36.3 Å². The molecule has 1 saturated heterocycles. The highest BCUT2D eigenvalue weighted by atomic mass is 79.9. The predicted molar refractivity (Wildman–Crippen MR) is 50.2 cm³/mol. The van der Waals surface area contributed by atoms with E-state index >= 15 is 0 Å². The van der Waals surface area contributed by atoms with E-state index < -0.39 is 0 Å². The summed E-state index contributed by atoms with van der Waals surface area (Å²) in [7, 11) is 0. The third kappa shape index (κ3) is 2.52. The molecule has 0 saturated carbocycles. The van der Waals surface area contributed by atoms with E-state index in [0.717, 1.165) is 17.5 Å². The van der Waals surface area contributed by atoms with Crippen molar-refractivity contribution in [2.45, 2.75) is 19.3 Å². The van der Waals surface area contributed by atoms with Gasteiger partial charge in [0, 0.05) is 12.8 Å². The van der Waals surface area contributed by atoms with Gasteiger partial charge in [-0.25, -0.2) is 4.68 Å². The Morgan fingerprint density at radius 2 is 2.69 bits per heavy atom. The van der Waals surface area contributed by atoms with Crippen LogP contribution < -0.4 is 0 Å². The first-order valence-corrected chi connectivity index (χ1v) is 5.01. The Morgan fingerprint density at radius 1 is 1.77 bits per heavy atom. The number of hydrogen-bond donors (Lipinski definition) is 0. The summed E-state index contributed by atoms with van der Waals surface area (Å²) in [4.78, 5) is 0. The van der Waals surface area contributed by atoms with Gasteiger partial charge in [-0.15, -0.1) is 0 Å². The second-order valence-electron chi connectivity index (χ2n) is 2.98. The molecular formula is C8H11BrN2O2. The van der Waals surface area contributed by atoms with Crippen LogP contribution in [0.1, 0.15) is 6.42 Å². The van der Waals surface area contributed by atoms with E-state index in [1.165, 1.54) is 0 Å². The summed E-state index contributed by atoms with van der Waals surface area (Å²) >= 11 is 3.32. The van der Waals surface area contributed by atoms with Gasteiger partial charge in [0.1, 0.15) is 6.73 Å². The summed E-state index contributed by atoms with van der Waals surface area (Å²) < 4.78 is 13.5. The van der Waals surface area contributed by atoms with Crippen molar-refractivity contribution in [2.75, 3.05) is 13.2 Å². The Bertz CT molecular complexity index is 271. The van der Waals surface area contributed by atoms with E-state index in [0.29, 0.717) is 13.3 Å². The first kappa shape index (κ1) is 9.18. The fourth-order valence-electron chi connectivity index (χ4n) is 1.24. The maximum atomic E-state index is 5.56. The molecule has 1 fully saturated rings. The highest BCUT2D eigenvalue weighted by Gasteiger charge is 2.15. The van der Waals surface area contributed by atoms with Crippen molar-refractivity contribution < 1.29 is 9.47 Å². The van der Waals surface area contributed by atoms with Crippen LogP contribution in [0.2, 0.25) is 0 Å². The third-order valence-electron chi connectivity index (χ3n) is 1.93. The predicted octanol–water partition coefficient (Wildman–Crippen LogP) is 1.41. The molecule has 2 heterocycles. The van der Waals surface area contributed by atoms with Gasteiger partial charge in [0.05, 0.1) is 23.4 Å². The molecule has 72 valence electrons. The molecule has 1 atom stereocenters. The molecule has 1 unspecified atom stereocenters. The average molecular weight is 247 g/mol. The van der Waals surface area contributed by atoms with E-state index in [1.54, 1.807) is 10.9 Å². The Balaban J connectivity index is 1.78. The first-order chi connectivity index (χ1) is 6.34. The van der Waals surface area contributed by atoms with Crippen molar-refractivity contribution in [3.63, 3.8) is 0 Å². The largest absolute Gasteiger partial charge is 0.379 e. The van der Waals surface area contributed by atoms with Crippen LogP contribution in [0.5, 0.6) is 0 Å². The molecule has 0 amide bonds. The van der Waals surface area contributed by atoms with Crippen LogP contribution in [0.3, 0.4) is 0 Å². The number of rotatable bonds is 3. The van der Waals surface area contributed by atoms with Gasteiger partial charge in [0.2, 0.25) is 0 Å². The van der Waals surface area contributed by atoms with Gasteiger partial charge >= 0.3 is 0 Å². The van der Waals surface area contributed by atoms with E-state index in [-0.39, 0.29) is 6.10 Å². The first-order valence-electron chi connectivity index (χ1n) is 4.22. The Labute approximate surface area is 85.0 Å². The Kier molecular flexibility index (Phi) is 2.97. The number of halogens is 1. The Hall–Kier alpha value is -0.390. The molecule has 0 aromatic carbocycles. The number of nitrogens with zero attached hydrogens (tertiary/aromatic N) is 2. The normalized spacial score (nSPS) is 22.4. The Morgan fingerprint density at radius 3 is 3.31 bits per heavy atom. The second kappa shape index (κ2) is 4.21. The summed E-state index contributed by atoms with van der Waals surface area (Å²) in [5.74, 6) is 0. The summed E-state index contributed by atoms with van der Waals surface area (Å²) in [5, 5.41) is 4.08. The molecule has 1 aromatic heterocycles. The molecule has 2 rings (SSSR count). The summed E-state index contributed by atoms with van der Waals surface area (Å²) in [6, 6.07) is 0. The molecule has 1 aliphatic rings. The van der Waals surface area contributed by atoms with Crippen LogP contribution in [0.25, 0.3) is 0 Å². The van der Waals surface area contributed by atoms with Crippen LogP contribution in [0, 0.1) is 0 Å². The smallest absolute Gasteiger partial charge is 0.139 e. The van der Waals surface area contributed by atoms with Crippen molar-refractivity contribution in [3.05, 3.63) is 16.9 Å². The molecule has 13 heavy (non-hydrogen) atoms. The van der Waals surface area contributed by atoms with Gasteiger partial charge in [-0.1, -0.05) is 0 Å². The summed E-state index contributed by atoms with van der Waals surface area (Å²) in [5.41, 5.74) is 0. The van der Waals surface area contributed by atoms with Crippen molar-refractivity contribution in [3.8, 4) is 0 Å². The van der Waals surface area contributed by atoms with Crippen molar-refractivity contribution in [1.29, 1.82) is 0 Å². The fraction of sp³-hybridized carbons (Fsp3) is 0.625. The molecule has 1 aliphatic heterocycles. The van der Waals surface area contributed by atoms with Crippen molar-refractivity contribution in [2.24, 2.45) is 0 Å². The van der Waals surface area contributed by atoms with Gasteiger partial charge < -0.3 is 9.47 Å². The SMILES string of the molecule is Brc1cnn(COC2CCOC2)c1. The molecule has 5 heteroatoms.